The van der Waals surface area contributed by atoms with Crippen molar-refractivity contribution in [1.29, 1.82) is 0 Å². The quantitative estimate of drug-likeness (QED) is 0.284. The van der Waals surface area contributed by atoms with E-state index < -0.39 is 11.8 Å². The van der Waals surface area contributed by atoms with Gasteiger partial charge in [0.05, 0.1) is 37.3 Å². The number of aromatic nitrogens is 3. The van der Waals surface area contributed by atoms with Crippen LogP contribution in [-0.2, 0) is 22.7 Å². The van der Waals surface area contributed by atoms with E-state index in [4.69, 9.17) is 11.5 Å². The molecule has 0 radical (unpaired) electrons. The van der Waals surface area contributed by atoms with E-state index in [0.717, 1.165) is 11.4 Å². The number of azo groups is 2. The fraction of sp³-hybridized carbons (Fsp3) is 0.333. The van der Waals surface area contributed by atoms with Gasteiger partial charge in [-0.15, -0.1) is 14.9 Å². The van der Waals surface area contributed by atoms with E-state index in [0.29, 0.717) is 11.4 Å². The van der Waals surface area contributed by atoms with Crippen LogP contribution in [-0.4, -0.2) is 49.8 Å². The summed E-state index contributed by atoms with van der Waals surface area (Å²) < 4.78 is 3.05. The topological polar surface area (TPSA) is 164 Å². The summed E-state index contributed by atoms with van der Waals surface area (Å²) in [4.78, 5) is 27.0. The molecule has 37 heavy (non-hydrogen) atoms. The molecule has 3 aromatic rings. The maximum Gasteiger partial charge on any atom is 0.404 e. The summed E-state index contributed by atoms with van der Waals surface area (Å²) in [5.41, 5.74) is 14.0. The van der Waals surface area contributed by atoms with Crippen molar-refractivity contribution < 1.29 is 14.2 Å². The summed E-state index contributed by atoms with van der Waals surface area (Å²) in [6, 6.07) is 15.0. The highest BCUT2D eigenvalue weighted by atomic mass is 16.1. The second-order valence-corrected chi connectivity index (χ2v) is 8.63. The minimum Gasteiger partial charge on any atom is -0.378 e. The van der Waals surface area contributed by atoms with Crippen molar-refractivity contribution >= 4 is 46.5 Å². The normalized spacial score (nSPS) is 11.4. The standard InChI is InChI=1S/C24H31N11O2/c1-32(2)19-9-5-17(6-10-19)27-29-23-31-35(16-14-22(26)37)24(34(23)15-13-21(25)36)30-28-18-7-11-20(12-8-18)33(3)4/h5-12H,13-16H2,1-4H3,(H3-,25,26,36,37)/p+1. The number of primary amides is 2. The minimum absolute atomic E-state index is 0.0201. The number of benzene rings is 2. The van der Waals surface area contributed by atoms with Crippen molar-refractivity contribution in [2.24, 2.45) is 31.9 Å². The first-order valence-electron chi connectivity index (χ1n) is 11.6. The van der Waals surface area contributed by atoms with Gasteiger partial charge in [-0.25, -0.2) is 4.57 Å². The van der Waals surface area contributed by atoms with Gasteiger partial charge in [0.1, 0.15) is 0 Å². The zero-order valence-corrected chi connectivity index (χ0v) is 21.4. The molecule has 194 valence electrons. The zero-order chi connectivity index (χ0) is 26.9. The average molecular weight is 507 g/mol. The molecule has 0 bridgehead atoms. The van der Waals surface area contributed by atoms with Crippen LogP contribution in [0.4, 0.5) is 34.6 Å². The molecule has 1 heterocycles. The molecule has 0 aliphatic carbocycles. The number of anilines is 2. The summed E-state index contributed by atoms with van der Waals surface area (Å²) in [5.74, 6) is -0.539. The summed E-state index contributed by atoms with van der Waals surface area (Å²) in [5, 5.41) is 21.7. The van der Waals surface area contributed by atoms with Gasteiger partial charge in [-0.1, -0.05) is 0 Å². The Balaban J connectivity index is 2.00. The van der Waals surface area contributed by atoms with E-state index in [2.05, 4.69) is 25.6 Å². The molecule has 1 aromatic heterocycles. The average Bonchev–Trinajstić information content (AvgIpc) is 3.20. The summed E-state index contributed by atoms with van der Waals surface area (Å²) in [6.07, 6.45) is 0.0480. The first-order chi connectivity index (χ1) is 17.6. The molecule has 13 heteroatoms. The SMILES string of the molecule is CN(C)c1ccc(N=Nc2nn(CCC(N)=O)c(N=Nc3ccc(N(C)C)cc3)[n+]2CCC(N)=O)cc1. The number of hydrogen-bond donors (Lipinski definition) is 2. The predicted molar refractivity (Wildman–Crippen MR) is 140 cm³/mol. The lowest BCUT2D eigenvalue weighted by Crippen LogP contribution is -2.35. The van der Waals surface area contributed by atoms with Crippen LogP contribution in [0.1, 0.15) is 12.8 Å². The van der Waals surface area contributed by atoms with Crippen LogP contribution in [0.2, 0.25) is 0 Å². The van der Waals surface area contributed by atoms with Gasteiger partial charge in [0.25, 0.3) is 0 Å². The Morgan fingerprint density at radius 2 is 1.27 bits per heavy atom. The Labute approximate surface area is 215 Å². The van der Waals surface area contributed by atoms with Gasteiger partial charge in [-0.05, 0) is 58.8 Å². The number of amides is 2. The second kappa shape index (κ2) is 12.3. The highest BCUT2D eigenvalue weighted by molar-refractivity contribution is 5.73. The van der Waals surface area contributed by atoms with Crippen molar-refractivity contribution in [3.63, 3.8) is 0 Å². The molecule has 0 atom stereocenters. The number of nitrogens with two attached hydrogens (primary N) is 2. The molecule has 13 nitrogen and oxygen atoms in total. The van der Waals surface area contributed by atoms with E-state index in [1.807, 2.05) is 86.5 Å². The van der Waals surface area contributed by atoms with Crippen LogP contribution in [0.5, 0.6) is 0 Å². The third kappa shape index (κ3) is 7.65. The highest BCUT2D eigenvalue weighted by Crippen LogP contribution is 2.23. The Bertz CT molecular complexity index is 1280. The predicted octanol–water partition coefficient (Wildman–Crippen LogP) is 2.88. The first-order valence-corrected chi connectivity index (χ1v) is 11.6. The van der Waals surface area contributed by atoms with Gasteiger partial charge in [0, 0.05) is 44.7 Å². The van der Waals surface area contributed by atoms with Crippen LogP contribution in [0.25, 0.3) is 0 Å². The number of carbonyl (C=O) groups is 2. The summed E-state index contributed by atoms with van der Waals surface area (Å²) in [7, 11) is 7.79. The monoisotopic (exact) mass is 506 g/mol. The van der Waals surface area contributed by atoms with Crippen molar-refractivity contribution in [3.8, 4) is 0 Å². The van der Waals surface area contributed by atoms with Gasteiger partial charge >= 0.3 is 11.9 Å². The first kappa shape index (κ1) is 26.9. The Hall–Kier alpha value is -4.68. The Kier molecular flexibility index (Phi) is 8.97. The van der Waals surface area contributed by atoms with E-state index in [1.54, 1.807) is 4.57 Å². The molecule has 2 amide bonds. The second-order valence-electron chi connectivity index (χ2n) is 8.63. The molecule has 0 aliphatic heterocycles. The van der Waals surface area contributed by atoms with Crippen molar-refractivity contribution in [2.75, 3.05) is 38.0 Å². The maximum absolute atomic E-state index is 11.6. The number of aryl methyl sites for hydroxylation is 1. The van der Waals surface area contributed by atoms with E-state index in [1.165, 1.54) is 4.68 Å². The lowest BCUT2D eigenvalue weighted by molar-refractivity contribution is -0.671. The molecule has 0 unspecified atom stereocenters. The van der Waals surface area contributed by atoms with Gasteiger partial charge in [0.2, 0.25) is 11.8 Å². The van der Waals surface area contributed by atoms with E-state index >= 15 is 0 Å². The zero-order valence-electron chi connectivity index (χ0n) is 21.4. The van der Waals surface area contributed by atoms with Crippen LogP contribution in [0.15, 0.2) is 69.0 Å². The lowest BCUT2D eigenvalue weighted by atomic mass is 10.3. The van der Waals surface area contributed by atoms with Crippen molar-refractivity contribution in [2.45, 2.75) is 25.9 Å². The third-order valence-electron chi connectivity index (χ3n) is 5.32. The van der Waals surface area contributed by atoms with Crippen LogP contribution < -0.4 is 25.8 Å². The van der Waals surface area contributed by atoms with Crippen molar-refractivity contribution in [3.05, 3.63) is 48.5 Å². The van der Waals surface area contributed by atoms with Gasteiger partial charge in [-0.2, -0.15) is 0 Å². The van der Waals surface area contributed by atoms with Crippen molar-refractivity contribution in [1.82, 2.24) is 9.78 Å². The number of nitrogens with zero attached hydrogens (tertiary/aromatic N) is 9. The fourth-order valence-corrected chi connectivity index (χ4v) is 3.24. The van der Waals surface area contributed by atoms with Crippen LogP contribution in [0.3, 0.4) is 0 Å². The van der Waals surface area contributed by atoms with Crippen LogP contribution in [0, 0.1) is 0 Å². The molecule has 0 fully saturated rings. The lowest BCUT2D eigenvalue weighted by Gasteiger charge is -2.11. The number of hydrogen-bond acceptors (Lipinski definition) is 9. The molecule has 0 spiro atoms. The molecular formula is C24H32N11O2+. The molecular weight excluding hydrogens is 474 g/mol. The van der Waals surface area contributed by atoms with Gasteiger partial charge in [0.15, 0.2) is 0 Å². The summed E-state index contributed by atoms with van der Waals surface area (Å²) in [6.45, 7) is 0.292. The number of rotatable bonds is 12. The molecule has 0 aliphatic rings. The summed E-state index contributed by atoms with van der Waals surface area (Å²) >= 11 is 0. The Morgan fingerprint density at radius 1 is 0.784 bits per heavy atom. The largest absolute Gasteiger partial charge is 0.404 e. The van der Waals surface area contributed by atoms with Crippen LogP contribution >= 0.6 is 0 Å². The Morgan fingerprint density at radius 3 is 1.73 bits per heavy atom. The van der Waals surface area contributed by atoms with Gasteiger partial charge in [-0.3, -0.25) is 9.59 Å². The molecule has 4 N–H and O–H groups in total. The van der Waals surface area contributed by atoms with Gasteiger partial charge < -0.3 is 21.3 Å². The van der Waals surface area contributed by atoms with E-state index in [-0.39, 0.29) is 37.8 Å². The molecule has 0 saturated heterocycles. The maximum atomic E-state index is 11.6. The minimum atomic E-state index is -0.498. The fourth-order valence-electron chi connectivity index (χ4n) is 3.24. The molecule has 2 aromatic carbocycles. The number of carbonyl (C=O) groups excluding carboxylic acids is 2. The molecule has 0 saturated carbocycles. The third-order valence-corrected chi connectivity index (χ3v) is 5.32. The smallest absolute Gasteiger partial charge is 0.378 e. The molecule has 3 rings (SSSR count). The van der Waals surface area contributed by atoms with E-state index in [9.17, 15) is 9.59 Å². The highest BCUT2D eigenvalue weighted by Gasteiger charge is 2.26.